The van der Waals surface area contributed by atoms with E-state index in [1.54, 1.807) is 36.4 Å². The van der Waals surface area contributed by atoms with Gasteiger partial charge in [0.2, 0.25) is 9.84 Å². The third kappa shape index (κ3) is 3.06. The molecule has 144 valence electrons. The number of piperidine rings is 3. The average Bonchev–Trinajstić information content (AvgIpc) is 2.75. The molecule has 3 fully saturated rings. The maximum atomic E-state index is 12.9. The molecule has 2 aromatic carbocycles. The highest BCUT2D eigenvalue weighted by Gasteiger charge is 2.35. The predicted octanol–water partition coefficient (Wildman–Crippen LogP) is 3.54. The van der Waals surface area contributed by atoms with Crippen LogP contribution in [-0.4, -0.2) is 44.0 Å². The Morgan fingerprint density at radius 3 is 2.46 bits per heavy atom. The van der Waals surface area contributed by atoms with Crippen LogP contribution < -0.4 is 4.74 Å². The Morgan fingerprint density at radius 2 is 1.75 bits per heavy atom. The molecular formula is C22H22N2O3S. The van der Waals surface area contributed by atoms with Gasteiger partial charge in [0.25, 0.3) is 0 Å². The van der Waals surface area contributed by atoms with Crippen molar-refractivity contribution in [1.82, 2.24) is 9.88 Å². The van der Waals surface area contributed by atoms with Gasteiger partial charge in [0.15, 0.2) is 0 Å². The van der Waals surface area contributed by atoms with E-state index in [1.165, 1.54) is 32.1 Å². The van der Waals surface area contributed by atoms with E-state index >= 15 is 0 Å². The molecule has 0 amide bonds. The number of sulfone groups is 1. The summed E-state index contributed by atoms with van der Waals surface area (Å²) in [5.41, 5.74) is 0.714. The van der Waals surface area contributed by atoms with Crippen LogP contribution in [0.15, 0.2) is 70.6 Å². The highest BCUT2D eigenvalue weighted by atomic mass is 32.2. The fourth-order valence-electron chi connectivity index (χ4n) is 4.30. The van der Waals surface area contributed by atoms with Crippen LogP contribution in [0.5, 0.6) is 5.75 Å². The van der Waals surface area contributed by atoms with Gasteiger partial charge >= 0.3 is 0 Å². The molecule has 1 aromatic heterocycles. The van der Waals surface area contributed by atoms with Crippen molar-refractivity contribution in [2.24, 2.45) is 5.92 Å². The molecule has 5 nitrogen and oxygen atoms in total. The van der Waals surface area contributed by atoms with Crippen molar-refractivity contribution in [3.8, 4) is 5.75 Å². The molecule has 6 heteroatoms. The zero-order valence-electron chi connectivity index (χ0n) is 15.5. The average molecular weight is 394 g/mol. The van der Waals surface area contributed by atoms with Crippen LogP contribution in [0.25, 0.3) is 10.9 Å². The van der Waals surface area contributed by atoms with Crippen molar-refractivity contribution in [3.05, 3.63) is 60.8 Å². The van der Waals surface area contributed by atoms with Crippen LogP contribution >= 0.6 is 0 Å². The molecule has 3 aromatic rings. The van der Waals surface area contributed by atoms with Crippen molar-refractivity contribution in [1.29, 1.82) is 0 Å². The van der Waals surface area contributed by atoms with E-state index in [9.17, 15) is 8.42 Å². The number of hydrogen-bond acceptors (Lipinski definition) is 5. The second-order valence-corrected chi connectivity index (χ2v) is 9.56. The summed E-state index contributed by atoms with van der Waals surface area (Å²) in [6.07, 6.45) is 3.99. The first-order valence-corrected chi connectivity index (χ1v) is 11.2. The standard InChI is InChI=1S/C22H22N2O3S/c25-28(26,18-6-2-1-3-7-18)19-13-17-5-4-8-20(22(17)23-14-19)27-21-15-24-11-9-16(21)10-12-24/h1-8,13-14,16,21H,9-12,15H2. The topological polar surface area (TPSA) is 59.5 Å². The molecule has 28 heavy (non-hydrogen) atoms. The molecule has 3 aliphatic rings. The molecule has 0 spiro atoms. The smallest absolute Gasteiger partial charge is 0.208 e. The van der Waals surface area contributed by atoms with Crippen molar-refractivity contribution in [3.63, 3.8) is 0 Å². The molecule has 3 aliphatic heterocycles. The van der Waals surface area contributed by atoms with Crippen molar-refractivity contribution >= 4 is 20.7 Å². The summed E-state index contributed by atoms with van der Waals surface area (Å²) >= 11 is 0. The number of pyridine rings is 1. The minimum Gasteiger partial charge on any atom is -0.487 e. The Hall–Kier alpha value is -2.44. The summed E-state index contributed by atoms with van der Waals surface area (Å²) in [6.45, 7) is 3.29. The molecule has 1 unspecified atom stereocenters. The van der Waals surface area contributed by atoms with E-state index in [0.717, 1.165) is 17.7 Å². The molecule has 0 radical (unpaired) electrons. The molecule has 1 atom stereocenters. The number of para-hydroxylation sites is 1. The maximum absolute atomic E-state index is 12.9. The van der Waals surface area contributed by atoms with Crippen LogP contribution in [0.2, 0.25) is 0 Å². The summed E-state index contributed by atoms with van der Waals surface area (Å²) in [7, 11) is -3.59. The highest BCUT2D eigenvalue weighted by Crippen LogP contribution is 2.33. The van der Waals surface area contributed by atoms with Gasteiger partial charge in [0.1, 0.15) is 17.4 Å². The molecule has 2 bridgehead atoms. The van der Waals surface area contributed by atoms with Gasteiger partial charge in [-0.15, -0.1) is 0 Å². The van der Waals surface area contributed by atoms with Gasteiger partial charge in [-0.2, -0.15) is 0 Å². The number of fused-ring (bicyclic) bond motifs is 4. The first-order chi connectivity index (χ1) is 13.6. The fourth-order valence-corrected chi connectivity index (χ4v) is 5.56. The number of aromatic nitrogens is 1. The second-order valence-electron chi connectivity index (χ2n) is 7.61. The monoisotopic (exact) mass is 394 g/mol. The van der Waals surface area contributed by atoms with E-state index in [-0.39, 0.29) is 15.9 Å². The SMILES string of the molecule is O=S(=O)(c1ccccc1)c1cnc2c(OC3CN4CCC3CC4)cccc2c1. The maximum Gasteiger partial charge on any atom is 0.208 e. The van der Waals surface area contributed by atoms with Crippen molar-refractivity contribution in [2.75, 3.05) is 19.6 Å². The van der Waals surface area contributed by atoms with E-state index in [4.69, 9.17) is 4.74 Å². The van der Waals surface area contributed by atoms with E-state index in [2.05, 4.69) is 9.88 Å². The molecule has 0 aliphatic carbocycles. The second kappa shape index (κ2) is 6.87. The summed E-state index contributed by atoms with van der Waals surface area (Å²) in [5, 5.41) is 0.774. The Bertz CT molecular complexity index is 1110. The van der Waals surface area contributed by atoms with Crippen molar-refractivity contribution in [2.45, 2.75) is 28.7 Å². The van der Waals surface area contributed by atoms with Crippen LogP contribution in [-0.2, 0) is 9.84 Å². The van der Waals surface area contributed by atoms with Gasteiger partial charge in [0.05, 0.1) is 9.79 Å². The molecule has 0 saturated carbocycles. The third-order valence-corrected chi connectivity index (χ3v) is 7.62. The summed E-state index contributed by atoms with van der Waals surface area (Å²) in [6, 6.07) is 15.9. The highest BCUT2D eigenvalue weighted by molar-refractivity contribution is 7.91. The summed E-state index contributed by atoms with van der Waals surface area (Å²) in [4.78, 5) is 7.41. The Balaban J connectivity index is 1.49. The van der Waals surface area contributed by atoms with Crippen molar-refractivity contribution < 1.29 is 13.2 Å². The molecule has 4 heterocycles. The fraction of sp³-hybridized carbons (Fsp3) is 0.318. The Labute approximate surface area is 164 Å². The lowest BCUT2D eigenvalue weighted by molar-refractivity contribution is -0.00710. The number of hydrogen-bond donors (Lipinski definition) is 0. The number of nitrogens with zero attached hydrogens (tertiary/aromatic N) is 2. The first-order valence-electron chi connectivity index (χ1n) is 9.69. The third-order valence-electron chi connectivity index (χ3n) is 5.89. The largest absolute Gasteiger partial charge is 0.487 e. The zero-order valence-corrected chi connectivity index (χ0v) is 16.3. The molecular weight excluding hydrogens is 372 g/mol. The number of rotatable bonds is 4. The molecule has 0 N–H and O–H groups in total. The van der Waals surface area contributed by atoms with Gasteiger partial charge in [-0.3, -0.25) is 9.88 Å². The molecule has 6 rings (SSSR count). The van der Waals surface area contributed by atoms with Crippen LogP contribution in [0.1, 0.15) is 12.8 Å². The summed E-state index contributed by atoms with van der Waals surface area (Å²) < 4.78 is 32.1. The normalized spacial score (nSPS) is 24.4. The Morgan fingerprint density at radius 1 is 0.964 bits per heavy atom. The number of ether oxygens (including phenoxy) is 1. The lowest BCUT2D eigenvalue weighted by atomic mass is 9.86. The quantitative estimate of drug-likeness (QED) is 0.677. The van der Waals surface area contributed by atoms with E-state index in [0.29, 0.717) is 11.4 Å². The predicted molar refractivity (Wildman–Crippen MR) is 107 cm³/mol. The molecule has 3 saturated heterocycles. The lowest BCUT2D eigenvalue weighted by Gasteiger charge is -2.44. The van der Waals surface area contributed by atoms with Gasteiger partial charge < -0.3 is 4.74 Å². The lowest BCUT2D eigenvalue weighted by Crippen LogP contribution is -2.52. The minimum absolute atomic E-state index is 0.183. The van der Waals surface area contributed by atoms with Crippen LogP contribution in [0.3, 0.4) is 0 Å². The first kappa shape index (κ1) is 17.6. The van der Waals surface area contributed by atoms with Gasteiger partial charge in [0, 0.05) is 18.1 Å². The van der Waals surface area contributed by atoms with Gasteiger partial charge in [-0.05, 0) is 56.1 Å². The zero-order chi connectivity index (χ0) is 19.1. The van der Waals surface area contributed by atoms with Gasteiger partial charge in [-0.25, -0.2) is 8.42 Å². The van der Waals surface area contributed by atoms with Crippen LogP contribution in [0.4, 0.5) is 0 Å². The summed E-state index contributed by atoms with van der Waals surface area (Å²) in [5.74, 6) is 1.33. The van der Waals surface area contributed by atoms with Gasteiger partial charge in [-0.1, -0.05) is 30.3 Å². The van der Waals surface area contributed by atoms with E-state index < -0.39 is 9.84 Å². The minimum atomic E-state index is -3.59. The Kier molecular flexibility index (Phi) is 4.33. The number of benzene rings is 2. The van der Waals surface area contributed by atoms with Crippen LogP contribution in [0, 0.1) is 5.92 Å². The van der Waals surface area contributed by atoms with E-state index in [1.807, 2.05) is 18.2 Å².